The predicted molar refractivity (Wildman–Crippen MR) is 81.5 cm³/mol. The summed E-state index contributed by atoms with van der Waals surface area (Å²) in [6.07, 6.45) is 8.61. The van der Waals surface area contributed by atoms with E-state index in [1.54, 1.807) is 41.7 Å². The van der Waals surface area contributed by atoms with E-state index >= 15 is 0 Å². The fraction of sp³-hybridized carbons (Fsp3) is 0.125. The van der Waals surface area contributed by atoms with E-state index in [1.807, 2.05) is 24.3 Å². The maximum Gasteiger partial charge on any atom is 0.241 e. The zero-order chi connectivity index (χ0) is 15.2. The summed E-state index contributed by atoms with van der Waals surface area (Å²) in [7, 11) is 0. The number of pyridine rings is 2. The molecule has 0 atom stereocenters. The molecule has 0 spiro atoms. The van der Waals surface area contributed by atoms with E-state index < -0.39 is 0 Å². The Bertz CT molecular complexity index is 740. The first-order chi connectivity index (χ1) is 10.8. The average Bonchev–Trinajstić information content (AvgIpc) is 3.07. The maximum atomic E-state index is 11.8. The molecule has 0 saturated carbocycles. The molecule has 1 amide bonds. The fourth-order valence-corrected chi connectivity index (χ4v) is 2.06. The van der Waals surface area contributed by atoms with Gasteiger partial charge in [0.1, 0.15) is 6.54 Å². The second-order valence-electron chi connectivity index (χ2n) is 4.77. The molecule has 0 unspecified atom stereocenters. The lowest BCUT2D eigenvalue weighted by Crippen LogP contribution is -2.27. The topological polar surface area (TPSA) is 72.7 Å². The Kier molecular flexibility index (Phi) is 4.20. The van der Waals surface area contributed by atoms with Crippen molar-refractivity contribution in [1.82, 2.24) is 25.1 Å². The summed E-state index contributed by atoms with van der Waals surface area (Å²) in [5, 5.41) is 6.88. The number of carbonyl (C=O) groups excluding carboxylic acids is 1. The van der Waals surface area contributed by atoms with E-state index in [1.165, 1.54) is 0 Å². The van der Waals surface area contributed by atoms with Gasteiger partial charge < -0.3 is 5.32 Å². The molecule has 3 aromatic heterocycles. The van der Waals surface area contributed by atoms with Crippen LogP contribution in [0.2, 0.25) is 0 Å². The lowest BCUT2D eigenvalue weighted by molar-refractivity contribution is -0.122. The standard InChI is InChI=1S/C16H15N5O/c22-16(12-21-9-1-5-20-21)19-11-13-2-8-18-15(10-13)14-3-6-17-7-4-14/h1-10H,11-12H2,(H,19,22). The van der Waals surface area contributed by atoms with Crippen molar-refractivity contribution in [3.63, 3.8) is 0 Å². The molecule has 0 saturated heterocycles. The van der Waals surface area contributed by atoms with Gasteiger partial charge in [0.05, 0.1) is 5.69 Å². The Balaban J connectivity index is 1.62. The molecule has 0 aliphatic carbocycles. The molecule has 0 bridgehead atoms. The zero-order valence-electron chi connectivity index (χ0n) is 11.9. The highest BCUT2D eigenvalue weighted by molar-refractivity contribution is 5.75. The number of nitrogens with zero attached hydrogens (tertiary/aromatic N) is 4. The minimum Gasteiger partial charge on any atom is -0.350 e. The van der Waals surface area contributed by atoms with Crippen LogP contribution in [0.25, 0.3) is 11.3 Å². The summed E-state index contributed by atoms with van der Waals surface area (Å²) in [6.45, 7) is 0.677. The highest BCUT2D eigenvalue weighted by atomic mass is 16.2. The van der Waals surface area contributed by atoms with Crippen LogP contribution < -0.4 is 5.32 Å². The van der Waals surface area contributed by atoms with Crippen molar-refractivity contribution >= 4 is 5.91 Å². The van der Waals surface area contributed by atoms with Crippen LogP contribution in [0, 0.1) is 0 Å². The average molecular weight is 293 g/mol. The summed E-state index contributed by atoms with van der Waals surface area (Å²) in [5.41, 5.74) is 2.86. The van der Waals surface area contributed by atoms with Gasteiger partial charge in [-0.2, -0.15) is 5.10 Å². The van der Waals surface area contributed by atoms with Crippen LogP contribution >= 0.6 is 0 Å². The van der Waals surface area contributed by atoms with E-state index in [9.17, 15) is 4.79 Å². The van der Waals surface area contributed by atoms with Crippen LogP contribution in [0.3, 0.4) is 0 Å². The van der Waals surface area contributed by atoms with Crippen LogP contribution in [0.5, 0.6) is 0 Å². The van der Waals surface area contributed by atoms with E-state index in [4.69, 9.17) is 0 Å². The van der Waals surface area contributed by atoms with Crippen molar-refractivity contribution in [2.24, 2.45) is 0 Å². The van der Waals surface area contributed by atoms with Crippen LogP contribution in [-0.4, -0.2) is 25.7 Å². The monoisotopic (exact) mass is 293 g/mol. The molecule has 0 aromatic carbocycles. The van der Waals surface area contributed by atoms with E-state index in [0.717, 1.165) is 16.8 Å². The molecule has 3 heterocycles. The molecule has 6 nitrogen and oxygen atoms in total. The molecular weight excluding hydrogens is 278 g/mol. The predicted octanol–water partition coefficient (Wildman–Crippen LogP) is 1.66. The number of rotatable bonds is 5. The molecule has 110 valence electrons. The van der Waals surface area contributed by atoms with Gasteiger partial charge in [-0.1, -0.05) is 0 Å². The SMILES string of the molecule is O=C(Cn1cccn1)NCc1ccnc(-c2ccncc2)c1. The van der Waals surface area contributed by atoms with Gasteiger partial charge in [0.15, 0.2) is 0 Å². The molecule has 0 aliphatic rings. The first-order valence-corrected chi connectivity index (χ1v) is 6.91. The summed E-state index contributed by atoms with van der Waals surface area (Å²) in [4.78, 5) is 20.2. The zero-order valence-corrected chi connectivity index (χ0v) is 11.9. The van der Waals surface area contributed by atoms with Crippen molar-refractivity contribution in [2.75, 3.05) is 0 Å². The quantitative estimate of drug-likeness (QED) is 0.776. The normalized spacial score (nSPS) is 10.4. The Morgan fingerprint density at radius 2 is 2.00 bits per heavy atom. The highest BCUT2D eigenvalue weighted by Crippen LogP contribution is 2.16. The summed E-state index contributed by atoms with van der Waals surface area (Å²) >= 11 is 0. The van der Waals surface area contributed by atoms with E-state index in [0.29, 0.717) is 6.54 Å². The second-order valence-corrected chi connectivity index (χ2v) is 4.77. The lowest BCUT2D eigenvalue weighted by Gasteiger charge is -2.07. The van der Waals surface area contributed by atoms with Crippen LogP contribution in [-0.2, 0) is 17.9 Å². The smallest absolute Gasteiger partial charge is 0.241 e. The number of nitrogens with one attached hydrogen (secondary N) is 1. The Morgan fingerprint density at radius 3 is 2.77 bits per heavy atom. The van der Waals surface area contributed by atoms with Crippen LogP contribution in [0.4, 0.5) is 0 Å². The number of carbonyl (C=O) groups is 1. The van der Waals surface area contributed by atoms with Crippen molar-refractivity contribution in [3.05, 3.63) is 66.9 Å². The second kappa shape index (κ2) is 6.62. The fourth-order valence-electron chi connectivity index (χ4n) is 2.06. The third kappa shape index (κ3) is 3.54. The Hall–Kier alpha value is -3.02. The molecule has 3 rings (SSSR count). The first kappa shape index (κ1) is 13.9. The molecule has 3 aromatic rings. The van der Waals surface area contributed by atoms with Crippen molar-refractivity contribution in [3.8, 4) is 11.3 Å². The number of aromatic nitrogens is 4. The molecule has 0 fully saturated rings. The van der Waals surface area contributed by atoms with Crippen molar-refractivity contribution in [2.45, 2.75) is 13.1 Å². The van der Waals surface area contributed by atoms with Gasteiger partial charge in [-0.25, -0.2) is 0 Å². The van der Waals surface area contributed by atoms with Gasteiger partial charge in [0.2, 0.25) is 5.91 Å². The van der Waals surface area contributed by atoms with Gasteiger partial charge in [-0.05, 0) is 35.9 Å². The lowest BCUT2D eigenvalue weighted by atomic mass is 10.1. The first-order valence-electron chi connectivity index (χ1n) is 6.91. The number of hydrogen-bond acceptors (Lipinski definition) is 4. The van der Waals surface area contributed by atoms with Gasteiger partial charge in [-0.15, -0.1) is 0 Å². The Morgan fingerprint density at radius 1 is 1.14 bits per heavy atom. The van der Waals surface area contributed by atoms with E-state index in [-0.39, 0.29) is 12.5 Å². The molecule has 0 radical (unpaired) electrons. The van der Waals surface area contributed by atoms with Crippen molar-refractivity contribution < 1.29 is 4.79 Å². The van der Waals surface area contributed by atoms with Crippen molar-refractivity contribution in [1.29, 1.82) is 0 Å². The van der Waals surface area contributed by atoms with Crippen LogP contribution in [0.1, 0.15) is 5.56 Å². The molecule has 0 aliphatic heterocycles. The molecule has 22 heavy (non-hydrogen) atoms. The van der Waals surface area contributed by atoms with Gasteiger partial charge in [-0.3, -0.25) is 19.4 Å². The number of amides is 1. The summed E-state index contributed by atoms with van der Waals surface area (Å²) in [5.74, 6) is -0.0778. The molecule has 1 N–H and O–H groups in total. The third-order valence-corrected chi connectivity index (χ3v) is 3.15. The van der Waals surface area contributed by atoms with Gasteiger partial charge in [0.25, 0.3) is 0 Å². The largest absolute Gasteiger partial charge is 0.350 e. The van der Waals surface area contributed by atoms with E-state index in [2.05, 4.69) is 20.4 Å². The molecular formula is C16H15N5O. The van der Waals surface area contributed by atoms with Gasteiger partial charge in [0, 0.05) is 43.1 Å². The summed E-state index contributed by atoms with van der Waals surface area (Å²) < 4.78 is 1.59. The number of hydrogen-bond donors (Lipinski definition) is 1. The minimum absolute atomic E-state index is 0.0778. The van der Waals surface area contributed by atoms with Gasteiger partial charge >= 0.3 is 0 Å². The minimum atomic E-state index is -0.0778. The third-order valence-electron chi connectivity index (χ3n) is 3.15. The molecule has 6 heteroatoms. The Labute approximate surface area is 127 Å². The highest BCUT2D eigenvalue weighted by Gasteiger charge is 2.04. The maximum absolute atomic E-state index is 11.8. The summed E-state index contributed by atoms with van der Waals surface area (Å²) in [6, 6.07) is 9.45. The van der Waals surface area contributed by atoms with Crippen LogP contribution in [0.15, 0.2) is 61.3 Å².